The van der Waals surface area contributed by atoms with Crippen molar-refractivity contribution in [3.8, 4) is 16.9 Å². The number of aromatic nitrogens is 4. The standard InChI is InChI=1S/C26H26N6O/c1-4-33-23-16(2)10-21(11-17(23)3)26(24-22(25(27)32-26)30-8-9-31-24)20-7-5-6-18(12-20)19-13-28-15-29-14-19/h5-15,25,32H,4,27H2,1-3H3. The SMILES string of the molecule is CCOc1c(C)cc(C2(c3cccc(-c4cncnc4)c3)NC(N)c3nccnc32)cc1C. The van der Waals surface area contributed by atoms with E-state index in [1.807, 2.05) is 25.4 Å². The molecule has 166 valence electrons. The first-order valence-corrected chi connectivity index (χ1v) is 11.0. The first kappa shape index (κ1) is 21.2. The van der Waals surface area contributed by atoms with Crippen molar-refractivity contribution in [1.29, 1.82) is 0 Å². The molecule has 7 heteroatoms. The molecule has 5 rings (SSSR count). The number of fused-ring (bicyclic) bond motifs is 1. The fourth-order valence-corrected chi connectivity index (χ4v) is 4.76. The maximum atomic E-state index is 6.54. The molecule has 0 fully saturated rings. The summed E-state index contributed by atoms with van der Waals surface area (Å²) in [5, 5.41) is 3.63. The lowest BCUT2D eigenvalue weighted by molar-refractivity contribution is 0.335. The van der Waals surface area contributed by atoms with Crippen LogP contribution in [0.1, 0.15) is 46.7 Å². The van der Waals surface area contributed by atoms with E-state index in [0.717, 1.165) is 50.5 Å². The first-order valence-electron chi connectivity index (χ1n) is 11.0. The summed E-state index contributed by atoms with van der Waals surface area (Å²) in [6.07, 6.45) is 8.10. The third-order valence-corrected chi connectivity index (χ3v) is 6.12. The van der Waals surface area contributed by atoms with Gasteiger partial charge in [0.25, 0.3) is 0 Å². The summed E-state index contributed by atoms with van der Waals surface area (Å²) < 4.78 is 5.90. The van der Waals surface area contributed by atoms with Crippen LogP contribution >= 0.6 is 0 Å². The molecule has 2 atom stereocenters. The van der Waals surface area contributed by atoms with Crippen LogP contribution in [-0.2, 0) is 5.54 Å². The zero-order valence-electron chi connectivity index (χ0n) is 18.9. The Morgan fingerprint density at radius 3 is 2.42 bits per heavy atom. The number of nitrogens with zero attached hydrogens (tertiary/aromatic N) is 4. The van der Waals surface area contributed by atoms with Gasteiger partial charge in [-0.1, -0.05) is 18.2 Å². The molecule has 2 aromatic carbocycles. The van der Waals surface area contributed by atoms with Crippen LogP contribution in [-0.4, -0.2) is 26.5 Å². The Labute approximate surface area is 193 Å². The highest BCUT2D eigenvalue weighted by Crippen LogP contribution is 2.45. The minimum absolute atomic E-state index is 0.454. The Morgan fingerprint density at radius 1 is 0.970 bits per heavy atom. The van der Waals surface area contributed by atoms with Gasteiger partial charge in [-0.25, -0.2) is 9.97 Å². The molecular formula is C26H26N6O. The molecule has 2 aromatic heterocycles. The Hall–Kier alpha value is -3.68. The van der Waals surface area contributed by atoms with E-state index >= 15 is 0 Å². The number of hydrogen-bond acceptors (Lipinski definition) is 7. The Morgan fingerprint density at radius 2 is 1.70 bits per heavy atom. The number of ether oxygens (including phenoxy) is 1. The maximum absolute atomic E-state index is 6.54. The quantitative estimate of drug-likeness (QED) is 0.489. The van der Waals surface area contributed by atoms with Gasteiger partial charge in [0.2, 0.25) is 0 Å². The molecule has 3 N–H and O–H groups in total. The average molecular weight is 439 g/mol. The van der Waals surface area contributed by atoms with Gasteiger partial charge < -0.3 is 10.5 Å². The van der Waals surface area contributed by atoms with Crippen molar-refractivity contribution in [1.82, 2.24) is 25.3 Å². The zero-order chi connectivity index (χ0) is 23.0. The number of nitrogens with two attached hydrogens (primary N) is 1. The van der Waals surface area contributed by atoms with Crippen LogP contribution < -0.4 is 15.8 Å². The van der Waals surface area contributed by atoms with Crippen molar-refractivity contribution >= 4 is 0 Å². The number of rotatable bonds is 5. The normalized spacial score (nSPS) is 19.3. The number of nitrogens with one attached hydrogen (secondary N) is 1. The van der Waals surface area contributed by atoms with Crippen LogP contribution in [0.2, 0.25) is 0 Å². The smallest absolute Gasteiger partial charge is 0.125 e. The zero-order valence-corrected chi connectivity index (χ0v) is 18.9. The van der Waals surface area contributed by atoms with Crippen LogP contribution in [0.25, 0.3) is 11.1 Å². The second-order valence-electron chi connectivity index (χ2n) is 8.24. The minimum Gasteiger partial charge on any atom is -0.493 e. The van der Waals surface area contributed by atoms with Crippen LogP contribution in [0, 0.1) is 13.8 Å². The van der Waals surface area contributed by atoms with E-state index in [0.29, 0.717) is 6.61 Å². The van der Waals surface area contributed by atoms with Gasteiger partial charge in [0.15, 0.2) is 0 Å². The second-order valence-corrected chi connectivity index (χ2v) is 8.24. The van der Waals surface area contributed by atoms with E-state index in [-0.39, 0.29) is 0 Å². The van der Waals surface area contributed by atoms with E-state index < -0.39 is 11.7 Å². The van der Waals surface area contributed by atoms with E-state index in [1.54, 1.807) is 12.4 Å². The fraction of sp³-hybridized carbons (Fsp3) is 0.231. The summed E-state index contributed by atoms with van der Waals surface area (Å²) in [5.41, 5.74) is 13.5. The van der Waals surface area contributed by atoms with Crippen LogP contribution in [0.15, 0.2) is 67.5 Å². The maximum Gasteiger partial charge on any atom is 0.125 e. The summed E-state index contributed by atoms with van der Waals surface area (Å²) in [5.74, 6) is 0.910. The molecule has 7 nitrogen and oxygen atoms in total. The summed E-state index contributed by atoms with van der Waals surface area (Å²) in [6.45, 7) is 6.75. The topological polar surface area (TPSA) is 98.8 Å². The van der Waals surface area contributed by atoms with Gasteiger partial charge in [-0.3, -0.25) is 15.3 Å². The average Bonchev–Trinajstić information content (AvgIpc) is 3.15. The Kier molecular flexibility index (Phi) is 5.36. The summed E-state index contributed by atoms with van der Waals surface area (Å²) in [7, 11) is 0. The summed E-state index contributed by atoms with van der Waals surface area (Å²) in [6, 6.07) is 12.6. The highest BCUT2D eigenvalue weighted by atomic mass is 16.5. The monoisotopic (exact) mass is 438 g/mol. The molecule has 1 aliphatic rings. The largest absolute Gasteiger partial charge is 0.493 e. The first-order chi connectivity index (χ1) is 16.0. The van der Waals surface area contributed by atoms with Gasteiger partial charge in [-0.05, 0) is 66.8 Å². The molecule has 0 radical (unpaired) electrons. The van der Waals surface area contributed by atoms with E-state index in [2.05, 4.69) is 64.4 Å². The highest BCUT2D eigenvalue weighted by molar-refractivity contribution is 5.65. The molecular weight excluding hydrogens is 412 g/mol. The van der Waals surface area contributed by atoms with Crippen molar-refractivity contribution in [2.75, 3.05) is 6.61 Å². The van der Waals surface area contributed by atoms with E-state index in [4.69, 9.17) is 15.5 Å². The van der Waals surface area contributed by atoms with Crippen molar-refractivity contribution in [2.24, 2.45) is 5.73 Å². The predicted octanol–water partition coefficient (Wildman–Crippen LogP) is 3.80. The molecule has 33 heavy (non-hydrogen) atoms. The highest BCUT2D eigenvalue weighted by Gasteiger charge is 2.47. The van der Waals surface area contributed by atoms with Gasteiger partial charge in [0.1, 0.15) is 23.8 Å². The Balaban J connectivity index is 1.77. The third-order valence-electron chi connectivity index (χ3n) is 6.12. The molecule has 1 aliphatic heterocycles. The summed E-state index contributed by atoms with van der Waals surface area (Å²) in [4.78, 5) is 17.7. The fourth-order valence-electron chi connectivity index (χ4n) is 4.76. The molecule has 0 saturated carbocycles. The van der Waals surface area contributed by atoms with Crippen molar-refractivity contribution < 1.29 is 4.74 Å². The van der Waals surface area contributed by atoms with Crippen LogP contribution in [0.5, 0.6) is 5.75 Å². The van der Waals surface area contributed by atoms with Gasteiger partial charge >= 0.3 is 0 Å². The third kappa shape index (κ3) is 3.46. The van der Waals surface area contributed by atoms with Gasteiger partial charge in [0.05, 0.1) is 18.0 Å². The molecule has 0 saturated heterocycles. The summed E-state index contributed by atoms with van der Waals surface area (Å²) >= 11 is 0. The van der Waals surface area contributed by atoms with Gasteiger partial charge in [-0.15, -0.1) is 0 Å². The number of hydrogen-bond donors (Lipinski definition) is 2. The van der Waals surface area contributed by atoms with Gasteiger partial charge in [0, 0.05) is 30.4 Å². The lowest BCUT2D eigenvalue weighted by atomic mass is 9.79. The molecule has 0 bridgehead atoms. The van der Waals surface area contributed by atoms with Crippen LogP contribution in [0.4, 0.5) is 0 Å². The molecule has 4 aromatic rings. The van der Waals surface area contributed by atoms with Crippen molar-refractivity contribution in [3.05, 3.63) is 101 Å². The van der Waals surface area contributed by atoms with Gasteiger partial charge in [-0.2, -0.15) is 0 Å². The molecule has 0 amide bonds. The van der Waals surface area contributed by atoms with Crippen molar-refractivity contribution in [3.63, 3.8) is 0 Å². The van der Waals surface area contributed by atoms with Crippen LogP contribution in [0.3, 0.4) is 0 Å². The molecule has 0 aliphatic carbocycles. The van der Waals surface area contributed by atoms with E-state index in [9.17, 15) is 0 Å². The predicted molar refractivity (Wildman–Crippen MR) is 127 cm³/mol. The molecule has 3 heterocycles. The number of aryl methyl sites for hydroxylation is 2. The molecule has 2 unspecified atom stereocenters. The van der Waals surface area contributed by atoms with E-state index in [1.165, 1.54) is 6.33 Å². The minimum atomic E-state index is -0.769. The molecule has 0 spiro atoms. The lowest BCUT2D eigenvalue weighted by Crippen LogP contribution is -2.43. The lowest BCUT2D eigenvalue weighted by Gasteiger charge is -2.33. The second kappa shape index (κ2) is 8.35. The Bertz CT molecular complexity index is 1290. The number of benzene rings is 2. The van der Waals surface area contributed by atoms with Crippen molar-refractivity contribution in [2.45, 2.75) is 32.5 Å².